The van der Waals surface area contributed by atoms with E-state index in [2.05, 4.69) is 10.1 Å². The van der Waals surface area contributed by atoms with Crippen molar-refractivity contribution in [1.29, 1.82) is 0 Å². The van der Waals surface area contributed by atoms with Gasteiger partial charge in [0.1, 0.15) is 10.7 Å². The SMILES string of the molecule is CCc1c(C(F)F)nc2sc(COC)nn12. The molecule has 2 rings (SSSR count). The van der Waals surface area contributed by atoms with Crippen LogP contribution in [0, 0.1) is 0 Å². The van der Waals surface area contributed by atoms with E-state index < -0.39 is 6.43 Å². The lowest BCUT2D eigenvalue weighted by molar-refractivity contribution is 0.145. The number of alkyl halides is 2. The number of halogens is 2. The molecule has 4 nitrogen and oxygen atoms in total. The molecule has 7 heteroatoms. The maximum absolute atomic E-state index is 12.7. The molecule has 2 heterocycles. The summed E-state index contributed by atoms with van der Waals surface area (Å²) in [6.07, 6.45) is -2.06. The van der Waals surface area contributed by atoms with E-state index >= 15 is 0 Å². The van der Waals surface area contributed by atoms with E-state index in [9.17, 15) is 8.78 Å². The number of aryl methyl sites for hydroxylation is 1. The first-order chi connectivity index (χ1) is 7.67. The Bertz CT molecular complexity index is 494. The second-order valence-electron chi connectivity index (χ2n) is 3.22. The Kier molecular flexibility index (Phi) is 3.15. The van der Waals surface area contributed by atoms with Gasteiger partial charge in [-0.25, -0.2) is 18.3 Å². The van der Waals surface area contributed by atoms with Gasteiger partial charge in [0.05, 0.1) is 12.3 Å². The highest BCUT2D eigenvalue weighted by molar-refractivity contribution is 7.16. The zero-order valence-corrected chi connectivity index (χ0v) is 9.72. The summed E-state index contributed by atoms with van der Waals surface area (Å²) in [6.45, 7) is 2.19. The van der Waals surface area contributed by atoms with E-state index in [1.54, 1.807) is 7.11 Å². The molecule has 2 aromatic heterocycles. The topological polar surface area (TPSA) is 39.4 Å². The Balaban J connectivity index is 2.51. The number of aromatic nitrogens is 3. The van der Waals surface area contributed by atoms with E-state index in [1.807, 2.05) is 6.92 Å². The van der Waals surface area contributed by atoms with Gasteiger partial charge in [-0.1, -0.05) is 18.3 Å². The van der Waals surface area contributed by atoms with Gasteiger partial charge < -0.3 is 4.74 Å². The number of ether oxygens (including phenoxy) is 1. The molecule has 0 aliphatic carbocycles. The molecule has 0 bridgehead atoms. The summed E-state index contributed by atoms with van der Waals surface area (Å²) in [5.74, 6) is 0. The third-order valence-corrected chi connectivity index (χ3v) is 3.06. The van der Waals surface area contributed by atoms with E-state index in [4.69, 9.17) is 4.74 Å². The third kappa shape index (κ3) is 1.80. The van der Waals surface area contributed by atoms with Crippen molar-refractivity contribution in [1.82, 2.24) is 14.6 Å². The monoisotopic (exact) mass is 247 g/mol. The minimum Gasteiger partial charge on any atom is -0.377 e. The van der Waals surface area contributed by atoms with Crippen molar-refractivity contribution in [2.45, 2.75) is 26.4 Å². The molecule has 0 spiro atoms. The molecular weight excluding hydrogens is 236 g/mol. The zero-order valence-electron chi connectivity index (χ0n) is 8.91. The number of hydrogen-bond acceptors (Lipinski definition) is 4. The highest BCUT2D eigenvalue weighted by Gasteiger charge is 2.21. The average Bonchev–Trinajstić information content (AvgIpc) is 2.74. The molecule has 16 heavy (non-hydrogen) atoms. The molecule has 0 N–H and O–H groups in total. The normalized spacial score (nSPS) is 11.8. The maximum Gasteiger partial charge on any atom is 0.282 e. The van der Waals surface area contributed by atoms with E-state index in [0.717, 1.165) is 5.01 Å². The van der Waals surface area contributed by atoms with Gasteiger partial charge in [0.25, 0.3) is 6.43 Å². The standard InChI is InChI=1S/C9H11F2N3OS/c1-3-5-7(8(10)11)12-9-14(5)13-6(16-9)4-15-2/h8H,3-4H2,1-2H3. The molecule has 0 saturated carbocycles. The molecule has 0 unspecified atom stereocenters. The van der Waals surface area contributed by atoms with Crippen molar-refractivity contribution < 1.29 is 13.5 Å². The minimum atomic E-state index is -2.55. The summed E-state index contributed by atoms with van der Waals surface area (Å²) in [5.41, 5.74) is 0.314. The van der Waals surface area contributed by atoms with Crippen molar-refractivity contribution in [3.63, 3.8) is 0 Å². The van der Waals surface area contributed by atoms with Crippen LogP contribution in [0.5, 0.6) is 0 Å². The summed E-state index contributed by atoms with van der Waals surface area (Å²) in [6, 6.07) is 0. The van der Waals surface area contributed by atoms with Crippen LogP contribution in [0.25, 0.3) is 4.96 Å². The first kappa shape index (κ1) is 11.4. The lowest BCUT2D eigenvalue weighted by atomic mass is 10.3. The summed E-state index contributed by atoms with van der Waals surface area (Å²) in [4.78, 5) is 4.40. The van der Waals surface area contributed by atoms with Crippen LogP contribution >= 0.6 is 11.3 Å². The number of imidazole rings is 1. The van der Waals surface area contributed by atoms with Crippen LogP contribution in [-0.2, 0) is 17.8 Å². The smallest absolute Gasteiger partial charge is 0.282 e. The summed E-state index contributed by atoms with van der Waals surface area (Å²) >= 11 is 1.27. The first-order valence-corrected chi connectivity index (χ1v) is 5.63. The fourth-order valence-electron chi connectivity index (χ4n) is 1.53. The molecule has 0 radical (unpaired) electrons. The molecule has 2 aromatic rings. The van der Waals surface area contributed by atoms with Gasteiger partial charge >= 0.3 is 0 Å². The van der Waals surface area contributed by atoms with Crippen molar-refractivity contribution in [2.75, 3.05) is 7.11 Å². The predicted octanol–water partition coefficient (Wildman–Crippen LogP) is 2.44. The zero-order chi connectivity index (χ0) is 11.7. The van der Waals surface area contributed by atoms with Gasteiger partial charge in [0, 0.05) is 7.11 Å². The average molecular weight is 247 g/mol. The fraction of sp³-hybridized carbons (Fsp3) is 0.556. The van der Waals surface area contributed by atoms with Gasteiger partial charge in [0.2, 0.25) is 4.96 Å². The van der Waals surface area contributed by atoms with Gasteiger partial charge in [-0.05, 0) is 6.42 Å². The van der Waals surface area contributed by atoms with Crippen LogP contribution in [-0.4, -0.2) is 21.7 Å². The Morgan fingerprint density at radius 1 is 1.50 bits per heavy atom. The number of fused-ring (bicyclic) bond motifs is 1. The van der Waals surface area contributed by atoms with Crippen LogP contribution in [0.15, 0.2) is 0 Å². The lowest BCUT2D eigenvalue weighted by Crippen LogP contribution is -1.98. The van der Waals surface area contributed by atoms with Gasteiger partial charge in [-0.3, -0.25) is 0 Å². The highest BCUT2D eigenvalue weighted by atomic mass is 32.1. The van der Waals surface area contributed by atoms with E-state index in [0.29, 0.717) is 23.7 Å². The van der Waals surface area contributed by atoms with Gasteiger partial charge in [-0.15, -0.1) is 0 Å². The quantitative estimate of drug-likeness (QED) is 0.833. The van der Waals surface area contributed by atoms with Crippen molar-refractivity contribution >= 4 is 16.3 Å². The third-order valence-electron chi connectivity index (χ3n) is 2.18. The lowest BCUT2D eigenvalue weighted by Gasteiger charge is -1.98. The molecule has 88 valence electrons. The highest BCUT2D eigenvalue weighted by Crippen LogP contribution is 2.26. The van der Waals surface area contributed by atoms with E-state index in [-0.39, 0.29) is 5.69 Å². The van der Waals surface area contributed by atoms with Crippen LogP contribution in [0.2, 0.25) is 0 Å². The Hall–Kier alpha value is -1.08. The minimum absolute atomic E-state index is 0.162. The molecule has 0 aliphatic rings. The van der Waals surface area contributed by atoms with Crippen molar-refractivity contribution in [3.05, 3.63) is 16.4 Å². The predicted molar refractivity (Wildman–Crippen MR) is 55.9 cm³/mol. The maximum atomic E-state index is 12.7. The van der Waals surface area contributed by atoms with Crippen molar-refractivity contribution in [3.8, 4) is 0 Å². The molecule has 0 aromatic carbocycles. The molecular formula is C9H11F2N3OS. The second-order valence-corrected chi connectivity index (χ2v) is 4.26. The first-order valence-electron chi connectivity index (χ1n) is 4.81. The van der Waals surface area contributed by atoms with Gasteiger partial charge in [-0.2, -0.15) is 5.10 Å². The molecule has 0 fully saturated rings. The molecule has 0 saturated heterocycles. The second kappa shape index (κ2) is 4.42. The van der Waals surface area contributed by atoms with Gasteiger partial charge in [0.15, 0.2) is 0 Å². The summed E-state index contributed by atoms with van der Waals surface area (Å²) in [7, 11) is 1.56. The number of hydrogen-bond donors (Lipinski definition) is 0. The Morgan fingerprint density at radius 3 is 2.81 bits per heavy atom. The Morgan fingerprint density at radius 2 is 2.25 bits per heavy atom. The Labute approximate surface area is 94.9 Å². The number of nitrogens with zero attached hydrogens (tertiary/aromatic N) is 3. The molecule has 0 amide bonds. The van der Waals surface area contributed by atoms with Crippen molar-refractivity contribution in [2.24, 2.45) is 0 Å². The molecule has 0 aliphatic heterocycles. The van der Waals surface area contributed by atoms with Crippen LogP contribution in [0.3, 0.4) is 0 Å². The largest absolute Gasteiger partial charge is 0.377 e. The molecule has 0 atom stereocenters. The van der Waals surface area contributed by atoms with Crippen LogP contribution in [0.1, 0.15) is 29.7 Å². The number of rotatable bonds is 4. The van der Waals surface area contributed by atoms with E-state index in [1.165, 1.54) is 15.9 Å². The fourth-order valence-corrected chi connectivity index (χ4v) is 2.42. The number of methoxy groups -OCH3 is 1. The van der Waals surface area contributed by atoms with Crippen LogP contribution < -0.4 is 0 Å². The summed E-state index contributed by atoms with van der Waals surface area (Å²) < 4.78 is 31.7. The van der Waals surface area contributed by atoms with Crippen LogP contribution in [0.4, 0.5) is 8.78 Å². The summed E-state index contributed by atoms with van der Waals surface area (Å²) in [5, 5.41) is 4.93.